The van der Waals surface area contributed by atoms with E-state index in [1.54, 1.807) is 4.90 Å². The molecular weight excluding hydrogens is 252 g/mol. The second-order valence-electron chi connectivity index (χ2n) is 4.83. The smallest absolute Gasteiger partial charge is 0.260 e. The zero-order chi connectivity index (χ0) is 15.0. The average molecular weight is 278 g/mol. The van der Waals surface area contributed by atoms with E-state index in [2.05, 4.69) is 6.92 Å². The van der Waals surface area contributed by atoms with Crippen molar-refractivity contribution in [3.8, 4) is 5.75 Å². The van der Waals surface area contributed by atoms with Gasteiger partial charge in [0, 0.05) is 19.1 Å². The fourth-order valence-corrected chi connectivity index (χ4v) is 2.05. The number of nitrogens with two attached hydrogens (primary N) is 1. The van der Waals surface area contributed by atoms with Crippen LogP contribution in [0, 0.1) is 0 Å². The van der Waals surface area contributed by atoms with Gasteiger partial charge in [0.05, 0.1) is 0 Å². The van der Waals surface area contributed by atoms with E-state index < -0.39 is 0 Å². The molecular formula is C16H26N2O2. The quantitative estimate of drug-likeness (QED) is 0.793. The maximum atomic E-state index is 11.9. The van der Waals surface area contributed by atoms with Gasteiger partial charge in [-0.3, -0.25) is 4.79 Å². The number of ether oxygens (including phenoxy) is 1. The first-order valence-electron chi connectivity index (χ1n) is 7.36. The molecule has 4 nitrogen and oxygen atoms in total. The lowest BCUT2D eigenvalue weighted by molar-refractivity contribution is -0.132. The van der Waals surface area contributed by atoms with Crippen molar-refractivity contribution in [2.45, 2.75) is 39.7 Å². The van der Waals surface area contributed by atoms with Gasteiger partial charge in [-0.1, -0.05) is 25.1 Å². The third-order valence-corrected chi connectivity index (χ3v) is 3.45. The van der Waals surface area contributed by atoms with Crippen molar-refractivity contribution in [3.63, 3.8) is 0 Å². The summed E-state index contributed by atoms with van der Waals surface area (Å²) >= 11 is 0. The molecule has 0 aliphatic rings. The summed E-state index contributed by atoms with van der Waals surface area (Å²) in [6.07, 6.45) is 1.69. The zero-order valence-corrected chi connectivity index (χ0v) is 12.8. The van der Waals surface area contributed by atoms with Crippen molar-refractivity contribution in [2.24, 2.45) is 5.73 Å². The van der Waals surface area contributed by atoms with Gasteiger partial charge in [0.25, 0.3) is 5.91 Å². The molecule has 20 heavy (non-hydrogen) atoms. The van der Waals surface area contributed by atoms with E-state index in [1.165, 1.54) is 0 Å². The van der Waals surface area contributed by atoms with Crippen molar-refractivity contribution < 1.29 is 9.53 Å². The number of carbonyl (C=O) groups excluding carboxylic acids is 1. The molecule has 1 aromatic carbocycles. The molecule has 0 aliphatic carbocycles. The van der Waals surface area contributed by atoms with Crippen LogP contribution < -0.4 is 10.5 Å². The SMILES string of the molecule is CCC(N)Cc1ccccc1OCC(=O)N(CC)CC. The summed E-state index contributed by atoms with van der Waals surface area (Å²) in [5, 5.41) is 0. The van der Waals surface area contributed by atoms with Crippen LogP contribution in [0.2, 0.25) is 0 Å². The summed E-state index contributed by atoms with van der Waals surface area (Å²) in [6.45, 7) is 7.51. The Bertz CT molecular complexity index is 417. The average Bonchev–Trinajstić information content (AvgIpc) is 2.47. The van der Waals surface area contributed by atoms with Gasteiger partial charge >= 0.3 is 0 Å². The molecule has 1 amide bonds. The van der Waals surface area contributed by atoms with Crippen LogP contribution in [0.15, 0.2) is 24.3 Å². The third kappa shape index (κ3) is 4.85. The zero-order valence-electron chi connectivity index (χ0n) is 12.8. The number of hydrogen-bond donors (Lipinski definition) is 1. The summed E-state index contributed by atoms with van der Waals surface area (Å²) in [7, 11) is 0. The van der Waals surface area contributed by atoms with Gasteiger partial charge in [0.2, 0.25) is 0 Å². The Hall–Kier alpha value is -1.55. The highest BCUT2D eigenvalue weighted by Gasteiger charge is 2.12. The Morgan fingerprint density at radius 3 is 2.50 bits per heavy atom. The number of carbonyl (C=O) groups is 1. The Morgan fingerprint density at radius 1 is 1.25 bits per heavy atom. The van der Waals surface area contributed by atoms with Crippen LogP contribution in [0.5, 0.6) is 5.75 Å². The van der Waals surface area contributed by atoms with E-state index in [-0.39, 0.29) is 18.6 Å². The monoisotopic (exact) mass is 278 g/mol. The lowest BCUT2D eigenvalue weighted by Crippen LogP contribution is -2.34. The van der Waals surface area contributed by atoms with Gasteiger partial charge < -0.3 is 15.4 Å². The lowest BCUT2D eigenvalue weighted by Gasteiger charge is -2.19. The van der Waals surface area contributed by atoms with Gasteiger partial charge in [-0.05, 0) is 38.3 Å². The van der Waals surface area contributed by atoms with Crippen molar-refractivity contribution in [3.05, 3.63) is 29.8 Å². The molecule has 0 saturated carbocycles. The molecule has 4 heteroatoms. The van der Waals surface area contributed by atoms with Gasteiger partial charge in [-0.2, -0.15) is 0 Å². The van der Waals surface area contributed by atoms with Crippen LogP contribution in [0.1, 0.15) is 32.8 Å². The minimum absolute atomic E-state index is 0.0181. The van der Waals surface area contributed by atoms with Crippen LogP contribution in [-0.4, -0.2) is 36.5 Å². The molecule has 1 aromatic rings. The standard InChI is InChI=1S/C16H26N2O2/c1-4-14(17)11-13-9-7-8-10-15(13)20-12-16(19)18(5-2)6-3/h7-10,14H,4-6,11-12,17H2,1-3H3. The Kier molecular flexibility index (Phi) is 7.09. The summed E-state index contributed by atoms with van der Waals surface area (Å²) < 4.78 is 5.68. The predicted octanol–water partition coefficient (Wildman–Crippen LogP) is 2.21. The van der Waals surface area contributed by atoms with Crippen molar-refractivity contribution in [1.29, 1.82) is 0 Å². The molecule has 2 N–H and O–H groups in total. The maximum Gasteiger partial charge on any atom is 0.260 e. The van der Waals surface area contributed by atoms with E-state index >= 15 is 0 Å². The van der Waals surface area contributed by atoms with Crippen LogP contribution in [0.25, 0.3) is 0 Å². The first-order chi connectivity index (χ1) is 9.62. The number of nitrogens with zero attached hydrogens (tertiary/aromatic N) is 1. The summed E-state index contributed by atoms with van der Waals surface area (Å²) in [5.41, 5.74) is 7.05. The summed E-state index contributed by atoms with van der Waals surface area (Å²) in [6, 6.07) is 7.91. The molecule has 0 spiro atoms. The molecule has 1 rings (SSSR count). The minimum Gasteiger partial charge on any atom is -0.483 e. The number of amides is 1. The second-order valence-corrected chi connectivity index (χ2v) is 4.83. The Labute approximate surface area is 121 Å². The highest BCUT2D eigenvalue weighted by molar-refractivity contribution is 5.77. The van der Waals surface area contributed by atoms with Crippen molar-refractivity contribution in [2.75, 3.05) is 19.7 Å². The maximum absolute atomic E-state index is 11.9. The van der Waals surface area contributed by atoms with Crippen LogP contribution in [0.3, 0.4) is 0 Å². The van der Waals surface area contributed by atoms with Crippen LogP contribution in [0.4, 0.5) is 0 Å². The lowest BCUT2D eigenvalue weighted by atomic mass is 10.0. The largest absolute Gasteiger partial charge is 0.483 e. The van der Waals surface area contributed by atoms with Gasteiger partial charge in [-0.25, -0.2) is 0 Å². The Morgan fingerprint density at radius 2 is 1.90 bits per heavy atom. The van der Waals surface area contributed by atoms with E-state index in [0.29, 0.717) is 13.1 Å². The van der Waals surface area contributed by atoms with E-state index in [0.717, 1.165) is 24.2 Å². The predicted molar refractivity (Wildman–Crippen MR) is 81.8 cm³/mol. The molecule has 0 radical (unpaired) electrons. The number of hydrogen-bond acceptors (Lipinski definition) is 3. The highest BCUT2D eigenvalue weighted by Crippen LogP contribution is 2.20. The first kappa shape index (κ1) is 16.5. The molecule has 0 heterocycles. The molecule has 0 aliphatic heterocycles. The van der Waals surface area contributed by atoms with Gasteiger partial charge in [0.1, 0.15) is 5.75 Å². The molecule has 0 saturated heterocycles. The summed E-state index contributed by atoms with van der Waals surface area (Å²) in [4.78, 5) is 13.7. The highest BCUT2D eigenvalue weighted by atomic mass is 16.5. The minimum atomic E-state index is 0.0181. The fraction of sp³-hybridized carbons (Fsp3) is 0.562. The number of benzene rings is 1. The van der Waals surface area contributed by atoms with E-state index in [1.807, 2.05) is 38.1 Å². The van der Waals surface area contributed by atoms with Crippen LogP contribution in [-0.2, 0) is 11.2 Å². The van der Waals surface area contributed by atoms with E-state index in [4.69, 9.17) is 10.5 Å². The third-order valence-electron chi connectivity index (χ3n) is 3.45. The molecule has 0 aromatic heterocycles. The van der Waals surface area contributed by atoms with Gasteiger partial charge in [-0.15, -0.1) is 0 Å². The molecule has 1 atom stereocenters. The topological polar surface area (TPSA) is 55.6 Å². The molecule has 0 bridgehead atoms. The van der Waals surface area contributed by atoms with Gasteiger partial charge in [0.15, 0.2) is 6.61 Å². The molecule has 0 fully saturated rings. The number of rotatable bonds is 8. The number of likely N-dealkylation sites (N-methyl/N-ethyl adjacent to an activating group) is 1. The van der Waals surface area contributed by atoms with E-state index in [9.17, 15) is 4.79 Å². The van der Waals surface area contributed by atoms with Crippen LogP contribution >= 0.6 is 0 Å². The van der Waals surface area contributed by atoms with Crippen molar-refractivity contribution >= 4 is 5.91 Å². The Balaban J connectivity index is 2.65. The normalized spacial score (nSPS) is 12.0. The molecule has 112 valence electrons. The second kappa shape index (κ2) is 8.59. The fourth-order valence-electron chi connectivity index (χ4n) is 2.05. The first-order valence-corrected chi connectivity index (χ1v) is 7.36. The van der Waals surface area contributed by atoms with Crippen molar-refractivity contribution in [1.82, 2.24) is 4.90 Å². The molecule has 1 unspecified atom stereocenters. The summed E-state index contributed by atoms with van der Waals surface area (Å²) in [5.74, 6) is 0.779. The number of para-hydroxylation sites is 1.